The highest BCUT2D eigenvalue weighted by Crippen LogP contribution is 2.11. The normalized spacial score (nSPS) is 12.1. The van der Waals surface area contributed by atoms with Gasteiger partial charge in [-0.25, -0.2) is 0 Å². The molecule has 0 aliphatic rings. The third-order valence-corrected chi connectivity index (χ3v) is 3.10. The number of nitrogens with zero attached hydrogens (tertiary/aromatic N) is 2. The predicted octanol–water partition coefficient (Wildman–Crippen LogP) is 1.95. The molecule has 2 aromatic rings. The molecule has 0 radical (unpaired) electrons. The SMILES string of the molecule is CCc1cccc(NCC(O)COc2cnsn2)c1. The Kier molecular flexibility index (Phi) is 5.11. The molecular formula is C13H17N3O2S. The van der Waals surface area contributed by atoms with Crippen LogP contribution in [0.5, 0.6) is 5.88 Å². The number of aliphatic hydroxyl groups excluding tert-OH is 1. The molecule has 0 saturated heterocycles. The second-order valence-electron chi connectivity index (χ2n) is 4.15. The zero-order valence-electron chi connectivity index (χ0n) is 10.7. The molecule has 1 aromatic heterocycles. The number of benzene rings is 1. The Balaban J connectivity index is 1.74. The summed E-state index contributed by atoms with van der Waals surface area (Å²) in [5, 5.41) is 13.0. The van der Waals surface area contributed by atoms with E-state index in [1.807, 2.05) is 12.1 Å². The van der Waals surface area contributed by atoms with Crippen molar-refractivity contribution in [3.8, 4) is 5.88 Å². The third-order valence-electron chi connectivity index (χ3n) is 2.64. The molecule has 0 bridgehead atoms. The Labute approximate surface area is 116 Å². The number of anilines is 1. The number of hydrogen-bond donors (Lipinski definition) is 2. The lowest BCUT2D eigenvalue weighted by Crippen LogP contribution is -2.26. The molecule has 1 heterocycles. The summed E-state index contributed by atoms with van der Waals surface area (Å²) in [5.74, 6) is 0.456. The molecule has 5 nitrogen and oxygen atoms in total. The molecule has 102 valence electrons. The van der Waals surface area contributed by atoms with Crippen LogP contribution in [-0.4, -0.2) is 33.1 Å². The number of hydrogen-bond acceptors (Lipinski definition) is 6. The molecule has 0 amide bonds. The van der Waals surface area contributed by atoms with Crippen molar-refractivity contribution in [1.29, 1.82) is 0 Å². The van der Waals surface area contributed by atoms with Crippen LogP contribution in [0.15, 0.2) is 30.5 Å². The van der Waals surface area contributed by atoms with Crippen LogP contribution in [0.3, 0.4) is 0 Å². The molecule has 1 aromatic carbocycles. The molecule has 1 unspecified atom stereocenters. The van der Waals surface area contributed by atoms with E-state index in [2.05, 4.69) is 33.1 Å². The van der Waals surface area contributed by atoms with Crippen molar-refractivity contribution in [2.75, 3.05) is 18.5 Å². The van der Waals surface area contributed by atoms with Crippen LogP contribution in [0.25, 0.3) is 0 Å². The Hall–Kier alpha value is -1.66. The van der Waals surface area contributed by atoms with Crippen molar-refractivity contribution in [1.82, 2.24) is 8.75 Å². The van der Waals surface area contributed by atoms with Crippen molar-refractivity contribution in [3.05, 3.63) is 36.0 Å². The fourth-order valence-corrected chi connectivity index (χ4v) is 1.96. The van der Waals surface area contributed by atoms with Crippen LogP contribution in [0.1, 0.15) is 12.5 Å². The van der Waals surface area contributed by atoms with E-state index in [1.54, 1.807) is 0 Å². The number of aryl methyl sites for hydroxylation is 1. The van der Waals surface area contributed by atoms with E-state index in [1.165, 1.54) is 11.8 Å². The quantitative estimate of drug-likeness (QED) is 0.811. The van der Waals surface area contributed by atoms with Crippen LogP contribution >= 0.6 is 11.7 Å². The minimum atomic E-state index is -0.591. The van der Waals surface area contributed by atoms with E-state index in [0.717, 1.165) is 23.8 Å². The van der Waals surface area contributed by atoms with E-state index < -0.39 is 6.10 Å². The number of rotatable bonds is 7. The molecule has 0 spiro atoms. The Morgan fingerprint density at radius 1 is 1.47 bits per heavy atom. The molecule has 1 atom stereocenters. The van der Waals surface area contributed by atoms with Crippen molar-refractivity contribution >= 4 is 17.4 Å². The molecular weight excluding hydrogens is 262 g/mol. The summed E-state index contributed by atoms with van der Waals surface area (Å²) in [6, 6.07) is 8.15. The molecule has 0 fully saturated rings. The van der Waals surface area contributed by atoms with Crippen LogP contribution in [0.2, 0.25) is 0 Å². The lowest BCUT2D eigenvalue weighted by atomic mass is 10.1. The maximum Gasteiger partial charge on any atom is 0.245 e. The van der Waals surface area contributed by atoms with Gasteiger partial charge in [-0.2, -0.15) is 4.37 Å². The van der Waals surface area contributed by atoms with E-state index in [9.17, 15) is 5.11 Å². The fourth-order valence-electron chi connectivity index (χ4n) is 1.60. The van der Waals surface area contributed by atoms with Crippen LogP contribution in [0.4, 0.5) is 5.69 Å². The Morgan fingerprint density at radius 2 is 2.37 bits per heavy atom. The van der Waals surface area contributed by atoms with Gasteiger partial charge in [-0.1, -0.05) is 19.1 Å². The molecule has 0 aliphatic heterocycles. The summed E-state index contributed by atoms with van der Waals surface area (Å²) in [6.45, 7) is 2.75. The van der Waals surface area contributed by atoms with Gasteiger partial charge in [0.2, 0.25) is 5.88 Å². The predicted molar refractivity (Wildman–Crippen MR) is 75.7 cm³/mol. The van der Waals surface area contributed by atoms with Crippen molar-refractivity contribution in [2.45, 2.75) is 19.4 Å². The fraction of sp³-hybridized carbons (Fsp3) is 0.385. The van der Waals surface area contributed by atoms with E-state index in [-0.39, 0.29) is 6.61 Å². The van der Waals surface area contributed by atoms with Gasteiger partial charge in [0.25, 0.3) is 0 Å². The van der Waals surface area contributed by atoms with Gasteiger partial charge in [0, 0.05) is 12.2 Å². The lowest BCUT2D eigenvalue weighted by Gasteiger charge is -2.13. The standard InChI is InChI=1S/C13H17N3O2S/c1-2-10-4-3-5-11(6-10)14-7-12(17)9-18-13-8-15-19-16-13/h3-6,8,12,14,17H,2,7,9H2,1H3. The first-order valence-electron chi connectivity index (χ1n) is 6.19. The third kappa shape index (κ3) is 4.50. The van der Waals surface area contributed by atoms with Gasteiger partial charge in [0.05, 0.1) is 11.7 Å². The first kappa shape index (κ1) is 13.8. The zero-order valence-corrected chi connectivity index (χ0v) is 11.6. The number of aliphatic hydroxyl groups is 1. The van der Waals surface area contributed by atoms with Crippen molar-refractivity contribution < 1.29 is 9.84 Å². The molecule has 0 saturated carbocycles. The zero-order chi connectivity index (χ0) is 13.5. The second-order valence-corrected chi connectivity index (χ2v) is 4.70. The highest BCUT2D eigenvalue weighted by molar-refractivity contribution is 6.99. The van der Waals surface area contributed by atoms with Gasteiger partial charge in [-0.05, 0) is 24.1 Å². The molecule has 2 rings (SSSR count). The van der Waals surface area contributed by atoms with E-state index in [0.29, 0.717) is 12.4 Å². The minimum Gasteiger partial charge on any atom is -0.473 e. The van der Waals surface area contributed by atoms with Crippen LogP contribution < -0.4 is 10.1 Å². The van der Waals surface area contributed by atoms with Gasteiger partial charge in [0.1, 0.15) is 18.9 Å². The first-order chi connectivity index (χ1) is 9.28. The van der Waals surface area contributed by atoms with E-state index >= 15 is 0 Å². The molecule has 0 aliphatic carbocycles. The van der Waals surface area contributed by atoms with Gasteiger partial charge in [0.15, 0.2) is 0 Å². The Bertz CT molecular complexity index is 490. The number of ether oxygens (including phenoxy) is 1. The lowest BCUT2D eigenvalue weighted by molar-refractivity contribution is 0.115. The summed E-state index contributed by atoms with van der Waals surface area (Å²) >= 11 is 1.08. The van der Waals surface area contributed by atoms with Crippen molar-refractivity contribution in [2.24, 2.45) is 0 Å². The average Bonchev–Trinajstić information content (AvgIpc) is 2.96. The minimum absolute atomic E-state index is 0.200. The summed E-state index contributed by atoms with van der Waals surface area (Å²) in [4.78, 5) is 0. The maximum atomic E-state index is 9.80. The van der Waals surface area contributed by atoms with Gasteiger partial charge < -0.3 is 15.2 Å². The van der Waals surface area contributed by atoms with Gasteiger partial charge >= 0.3 is 0 Å². The summed E-state index contributed by atoms with van der Waals surface area (Å²) < 4.78 is 13.0. The van der Waals surface area contributed by atoms with E-state index in [4.69, 9.17) is 4.74 Å². The van der Waals surface area contributed by atoms with Crippen molar-refractivity contribution in [3.63, 3.8) is 0 Å². The second kappa shape index (κ2) is 7.06. The highest BCUT2D eigenvalue weighted by atomic mass is 32.1. The first-order valence-corrected chi connectivity index (χ1v) is 6.92. The number of aromatic nitrogens is 2. The Morgan fingerprint density at radius 3 is 3.11 bits per heavy atom. The molecule has 2 N–H and O–H groups in total. The molecule has 19 heavy (non-hydrogen) atoms. The largest absolute Gasteiger partial charge is 0.473 e. The average molecular weight is 279 g/mol. The summed E-state index contributed by atoms with van der Waals surface area (Å²) in [5.41, 5.74) is 2.28. The summed E-state index contributed by atoms with van der Waals surface area (Å²) in [6.07, 6.45) is 1.94. The van der Waals surface area contributed by atoms with Crippen LogP contribution in [-0.2, 0) is 6.42 Å². The highest BCUT2D eigenvalue weighted by Gasteiger charge is 2.06. The van der Waals surface area contributed by atoms with Gasteiger partial charge in [-0.15, -0.1) is 4.37 Å². The topological polar surface area (TPSA) is 67.3 Å². The summed E-state index contributed by atoms with van der Waals surface area (Å²) in [7, 11) is 0. The smallest absolute Gasteiger partial charge is 0.245 e. The number of nitrogens with one attached hydrogen (secondary N) is 1. The van der Waals surface area contributed by atoms with Gasteiger partial charge in [-0.3, -0.25) is 0 Å². The van der Waals surface area contributed by atoms with Crippen LogP contribution in [0, 0.1) is 0 Å². The molecule has 6 heteroatoms. The maximum absolute atomic E-state index is 9.80. The monoisotopic (exact) mass is 279 g/mol.